The maximum Gasteiger partial charge on any atom is 0.136 e. The van der Waals surface area contributed by atoms with Crippen molar-refractivity contribution in [3.05, 3.63) is 210 Å². The Labute approximate surface area is 342 Å². The Morgan fingerprint density at radius 1 is 0.593 bits per heavy atom. The summed E-state index contributed by atoms with van der Waals surface area (Å²) in [4.78, 5) is 5.36. The minimum absolute atomic E-state index is 0.145. The van der Waals surface area contributed by atoms with E-state index in [1.165, 1.54) is 38.5 Å². The van der Waals surface area contributed by atoms with Gasteiger partial charge in [0.2, 0.25) is 0 Å². The molecule has 284 valence electrons. The van der Waals surface area contributed by atoms with Gasteiger partial charge in [-0.1, -0.05) is 153 Å². The molecule has 5 heteroatoms. The molecule has 0 saturated heterocycles. The lowest BCUT2D eigenvalue weighted by Gasteiger charge is -2.26. The number of hydrogen-bond acceptors (Lipinski definition) is 3. The van der Waals surface area contributed by atoms with Crippen molar-refractivity contribution in [3.8, 4) is 27.9 Å². The average molecular weight is 763 g/mol. The Hall–Kier alpha value is -7.21. The van der Waals surface area contributed by atoms with E-state index < -0.39 is 12.1 Å². The molecule has 0 bridgehead atoms. The topological polar surface area (TPSA) is 82.5 Å². The van der Waals surface area contributed by atoms with Crippen LogP contribution in [0.5, 0.6) is 0 Å². The van der Waals surface area contributed by atoms with Gasteiger partial charge >= 0.3 is 0 Å². The highest BCUT2D eigenvalue weighted by atomic mass is 16.3. The molecular weight excluding hydrogens is 721 g/mol. The van der Waals surface area contributed by atoms with Crippen molar-refractivity contribution in [3.63, 3.8) is 0 Å². The van der Waals surface area contributed by atoms with Crippen LogP contribution in [0.15, 0.2) is 191 Å². The largest absolute Gasteiger partial charge is 0.456 e. The van der Waals surface area contributed by atoms with Gasteiger partial charge in [-0.15, -0.1) is 0 Å². The lowest BCUT2D eigenvalue weighted by Crippen LogP contribution is -2.24. The van der Waals surface area contributed by atoms with Crippen LogP contribution in [0.25, 0.3) is 71.7 Å². The summed E-state index contributed by atoms with van der Waals surface area (Å²) >= 11 is 0. The lowest BCUT2D eigenvalue weighted by molar-refractivity contribution is 0.576. The van der Waals surface area contributed by atoms with Crippen LogP contribution in [0.3, 0.4) is 0 Å². The van der Waals surface area contributed by atoms with Gasteiger partial charge in [-0.3, -0.25) is 4.99 Å². The standard InChI is InChI=1S/C54H42N4O/c1-54(2)42-25-11-9-20-37(42)48-39(23-13-26-43(48)54)51(55)52(33-16-5-3-6-17-33)57-53(56)40-24-15-29-47-50(40)41-32-34(30-31-46(41)59-47)36-22-14-28-45-49(36)38-21-10-12-27-44(38)58(45)35-18-7-4-8-19-35/h3-32,51-52H,55H2,1-2H3,(H2,56,57). The van der Waals surface area contributed by atoms with Crippen molar-refractivity contribution >= 4 is 49.6 Å². The van der Waals surface area contributed by atoms with Crippen LogP contribution in [0.4, 0.5) is 0 Å². The summed E-state index contributed by atoms with van der Waals surface area (Å²) in [5, 5.41) is 4.32. The van der Waals surface area contributed by atoms with Crippen LogP contribution in [-0.2, 0) is 5.41 Å². The monoisotopic (exact) mass is 762 g/mol. The highest BCUT2D eigenvalue weighted by Gasteiger charge is 2.38. The summed E-state index contributed by atoms with van der Waals surface area (Å²) in [6, 6.07) is 62.9. The molecule has 2 unspecified atom stereocenters. The molecule has 5 nitrogen and oxygen atoms in total. The summed E-state index contributed by atoms with van der Waals surface area (Å²) in [5.74, 6) is 0.411. The number of furan rings is 1. The average Bonchev–Trinajstić information content (AvgIpc) is 3.91. The number of benzene rings is 8. The van der Waals surface area contributed by atoms with Crippen LogP contribution in [-0.4, -0.2) is 10.4 Å². The Morgan fingerprint density at radius 3 is 2.12 bits per heavy atom. The number of nitrogens with two attached hydrogens (primary N) is 2. The molecule has 2 atom stereocenters. The third kappa shape index (κ3) is 5.39. The van der Waals surface area contributed by atoms with Gasteiger partial charge < -0.3 is 20.5 Å². The number of para-hydroxylation sites is 2. The zero-order valence-electron chi connectivity index (χ0n) is 32.9. The van der Waals surface area contributed by atoms with Crippen LogP contribution < -0.4 is 11.5 Å². The van der Waals surface area contributed by atoms with E-state index in [4.69, 9.17) is 20.9 Å². The minimum Gasteiger partial charge on any atom is -0.456 e. The van der Waals surface area contributed by atoms with Gasteiger partial charge in [0.1, 0.15) is 17.0 Å². The SMILES string of the molecule is CC1(C)c2ccccc2-c2c(C(N)C(N=C(N)c3cccc4oc5ccc(-c6cccc7c6c6ccccc6n7-c6ccccc6)cc5c34)c3ccccc3)cccc21. The predicted molar refractivity (Wildman–Crippen MR) is 244 cm³/mol. The van der Waals surface area contributed by atoms with Crippen LogP contribution >= 0.6 is 0 Å². The molecule has 1 aliphatic carbocycles. The molecular formula is C54H42N4O. The number of hydrogen-bond donors (Lipinski definition) is 2. The van der Waals surface area contributed by atoms with Gasteiger partial charge in [0.25, 0.3) is 0 Å². The van der Waals surface area contributed by atoms with Crippen LogP contribution in [0, 0.1) is 0 Å². The second-order valence-corrected chi connectivity index (χ2v) is 16.2. The Balaban J connectivity index is 1.07. The van der Waals surface area contributed by atoms with Gasteiger partial charge in [0.05, 0.1) is 23.1 Å². The van der Waals surface area contributed by atoms with E-state index in [-0.39, 0.29) is 5.41 Å². The fraction of sp³-hybridized carbons (Fsp3) is 0.0926. The first-order chi connectivity index (χ1) is 28.9. The van der Waals surface area contributed by atoms with Gasteiger partial charge in [-0.2, -0.15) is 0 Å². The molecule has 0 spiro atoms. The van der Waals surface area contributed by atoms with Gasteiger partial charge in [0.15, 0.2) is 0 Å². The Bertz CT molecular complexity index is 3280. The number of nitrogens with zero attached hydrogens (tertiary/aromatic N) is 2. The molecule has 8 aromatic carbocycles. The molecule has 2 heterocycles. The smallest absolute Gasteiger partial charge is 0.136 e. The second kappa shape index (κ2) is 13.4. The molecule has 59 heavy (non-hydrogen) atoms. The van der Waals surface area contributed by atoms with E-state index in [9.17, 15) is 0 Å². The van der Waals surface area contributed by atoms with Crippen molar-refractivity contribution in [1.29, 1.82) is 0 Å². The minimum atomic E-state index is -0.474. The van der Waals surface area contributed by atoms with Crippen molar-refractivity contribution in [1.82, 2.24) is 4.57 Å². The Kier molecular flexibility index (Phi) is 7.97. The number of aliphatic imine (C=N–C) groups is 1. The molecule has 0 amide bonds. The number of aromatic nitrogens is 1. The molecule has 10 aromatic rings. The molecule has 1 aliphatic rings. The number of amidine groups is 1. The molecule has 0 aliphatic heterocycles. The summed E-state index contributed by atoms with van der Waals surface area (Å²) in [6.45, 7) is 4.59. The van der Waals surface area contributed by atoms with E-state index in [1.54, 1.807) is 0 Å². The zero-order chi connectivity index (χ0) is 39.8. The third-order valence-electron chi connectivity index (χ3n) is 12.6. The van der Waals surface area contributed by atoms with Crippen molar-refractivity contribution < 1.29 is 4.42 Å². The fourth-order valence-corrected chi connectivity index (χ4v) is 9.79. The zero-order valence-corrected chi connectivity index (χ0v) is 32.9. The summed E-state index contributed by atoms with van der Waals surface area (Å²) in [6.07, 6.45) is 0. The normalized spacial score (nSPS) is 14.5. The van der Waals surface area contributed by atoms with Crippen molar-refractivity contribution in [2.24, 2.45) is 16.5 Å². The highest BCUT2D eigenvalue weighted by molar-refractivity contribution is 6.20. The van der Waals surface area contributed by atoms with Crippen LogP contribution in [0.2, 0.25) is 0 Å². The first-order valence-electron chi connectivity index (χ1n) is 20.3. The predicted octanol–water partition coefficient (Wildman–Crippen LogP) is 12.8. The molecule has 11 rings (SSSR count). The molecule has 0 radical (unpaired) electrons. The number of rotatable bonds is 7. The summed E-state index contributed by atoms with van der Waals surface area (Å²) < 4.78 is 8.88. The van der Waals surface area contributed by atoms with E-state index in [0.29, 0.717) is 5.84 Å². The molecule has 0 saturated carbocycles. The molecule has 2 aromatic heterocycles. The van der Waals surface area contributed by atoms with Crippen molar-refractivity contribution in [2.75, 3.05) is 0 Å². The third-order valence-corrected chi connectivity index (χ3v) is 12.6. The summed E-state index contributed by atoms with van der Waals surface area (Å²) in [7, 11) is 0. The van der Waals surface area contributed by atoms with E-state index >= 15 is 0 Å². The first-order valence-corrected chi connectivity index (χ1v) is 20.3. The maximum absolute atomic E-state index is 7.42. The van der Waals surface area contributed by atoms with Gasteiger partial charge in [0, 0.05) is 38.2 Å². The lowest BCUT2D eigenvalue weighted by atomic mass is 9.81. The quantitative estimate of drug-likeness (QED) is 0.125. The Morgan fingerprint density at radius 2 is 1.27 bits per heavy atom. The maximum atomic E-state index is 7.42. The number of fused-ring (bicyclic) bond motifs is 9. The van der Waals surface area contributed by atoms with E-state index in [0.717, 1.165) is 61.0 Å². The van der Waals surface area contributed by atoms with E-state index in [1.807, 2.05) is 36.4 Å². The van der Waals surface area contributed by atoms with Gasteiger partial charge in [-0.05, 0) is 87.0 Å². The van der Waals surface area contributed by atoms with Crippen LogP contribution in [0.1, 0.15) is 53.7 Å². The highest BCUT2D eigenvalue weighted by Crippen LogP contribution is 2.52. The summed E-state index contributed by atoms with van der Waals surface area (Å²) in [5.41, 5.74) is 29.6. The van der Waals surface area contributed by atoms with Crippen molar-refractivity contribution in [2.45, 2.75) is 31.3 Å². The van der Waals surface area contributed by atoms with Gasteiger partial charge in [-0.25, -0.2) is 0 Å². The second-order valence-electron chi connectivity index (χ2n) is 16.2. The fourth-order valence-electron chi connectivity index (χ4n) is 9.79. The first kappa shape index (κ1) is 35.0. The van der Waals surface area contributed by atoms with E-state index in [2.05, 4.69) is 164 Å². The molecule has 4 N–H and O–H groups in total. The molecule has 0 fully saturated rings.